The summed E-state index contributed by atoms with van der Waals surface area (Å²) in [6.07, 6.45) is 0. The first-order valence-corrected chi connectivity index (χ1v) is 9.56. The van der Waals surface area contributed by atoms with E-state index in [2.05, 4.69) is 41.5 Å². The van der Waals surface area contributed by atoms with E-state index < -0.39 is 5.54 Å². The Kier molecular flexibility index (Phi) is 5.48. The molecule has 0 amide bonds. The summed E-state index contributed by atoms with van der Waals surface area (Å²) in [4.78, 5) is 0. The summed E-state index contributed by atoms with van der Waals surface area (Å²) in [7, 11) is 1.65. The van der Waals surface area contributed by atoms with Crippen LogP contribution in [0.15, 0.2) is 125 Å². The van der Waals surface area contributed by atoms with E-state index in [1.165, 1.54) is 0 Å². The minimum absolute atomic E-state index is 0.746. The van der Waals surface area contributed by atoms with Crippen LogP contribution in [0.25, 0.3) is 0 Å². The van der Waals surface area contributed by atoms with Gasteiger partial charge in [0, 0.05) is 0 Å². The number of rotatable bonds is 6. The number of benzene rings is 4. The van der Waals surface area contributed by atoms with Crippen LogP contribution >= 0.6 is 0 Å². The molecule has 4 aromatic carbocycles. The fraction of sp³-hybridized carbons (Fsp3) is 0.0769. The molecule has 0 fully saturated rings. The van der Waals surface area contributed by atoms with Crippen molar-refractivity contribution in [1.29, 1.82) is 0 Å². The molecule has 0 radical (unpaired) electrons. The molecule has 0 N–H and O–H groups in total. The zero-order valence-electron chi connectivity index (χ0n) is 16.3. The van der Waals surface area contributed by atoms with Crippen LogP contribution in [0.3, 0.4) is 0 Å². The number of azo groups is 1. The Hall–Kier alpha value is -3.72. The van der Waals surface area contributed by atoms with E-state index in [0.29, 0.717) is 0 Å². The van der Waals surface area contributed by atoms with Crippen LogP contribution in [0.5, 0.6) is 5.75 Å². The van der Waals surface area contributed by atoms with E-state index in [1.807, 2.05) is 78.9 Å². The van der Waals surface area contributed by atoms with Gasteiger partial charge in [-0.1, -0.05) is 91.0 Å². The fourth-order valence-electron chi connectivity index (χ4n) is 3.49. The number of hydrogen-bond donors (Lipinski definition) is 0. The third-order valence-corrected chi connectivity index (χ3v) is 4.96. The van der Waals surface area contributed by atoms with Crippen molar-refractivity contribution in [1.82, 2.24) is 0 Å². The van der Waals surface area contributed by atoms with Gasteiger partial charge in [0.05, 0.1) is 12.8 Å². The van der Waals surface area contributed by atoms with Crippen LogP contribution in [-0.4, -0.2) is 7.11 Å². The smallest absolute Gasteiger partial charge is 0.157 e. The molecule has 0 atom stereocenters. The summed E-state index contributed by atoms with van der Waals surface area (Å²) in [5.74, 6) is 0.796. The van der Waals surface area contributed by atoms with E-state index in [1.54, 1.807) is 7.11 Å². The molecule has 4 rings (SSSR count). The molecule has 4 aromatic rings. The summed E-state index contributed by atoms with van der Waals surface area (Å²) in [5.41, 5.74) is 3.22. The van der Waals surface area contributed by atoms with Gasteiger partial charge in [-0.2, -0.15) is 10.2 Å². The number of ether oxygens (including phenoxy) is 1. The predicted octanol–water partition coefficient (Wildman–Crippen LogP) is 6.77. The van der Waals surface area contributed by atoms with Crippen LogP contribution in [0, 0.1) is 0 Å². The zero-order valence-corrected chi connectivity index (χ0v) is 16.3. The molecule has 0 aliphatic rings. The van der Waals surface area contributed by atoms with Crippen LogP contribution < -0.4 is 4.74 Å². The van der Waals surface area contributed by atoms with Crippen LogP contribution in [0.1, 0.15) is 16.7 Å². The molecule has 0 saturated heterocycles. The summed E-state index contributed by atoms with van der Waals surface area (Å²) >= 11 is 0. The lowest BCUT2D eigenvalue weighted by Gasteiger charge is -2.30. The SMILES string of the molecule is COc1ccc(N=NC(c2ccccc2)(c2ccccc2)c2ccccc2)cc1. The van der Waals surface area contributed by atoms with Gasteiger partial charge in [-0.15, -0.1) is 0 Å². The van der Waals surface area contributed by atoms with Crippen LogP contribution in [0.4, 0.5) is 5.69 Å². The highest BCUT2D eigenvalue weighted by atomic mass is 16.5. The van der Waals surface area contributed by atoms with Crippen molar-refractivity contribution >= 4 is 5.69 Å². The zero-order chi connectivity index (χ0) is 19.9. The van der Waals surface area contributed by atoms with E-state index in [-0.39, 0.29) is 0 Å². The molecule has 0 bridgehead atoms. The molecule has 29 heavy (non-hydrogen) atoms. The average molecular weight is 378 g/mol. The van der Waals surface area contributed by atoms with Crippen LogP contribution in [0.2, 0.25) is 0 Å². The highest BCUT2D eigenvalue weighted by Gasteiger charge is 2.36. The summed E-state index contributed by atoms with van der Waals surface area (Å²) in [5, 5.41) is 9.63. The Morgan fingerprint density at radius 1 is 0.552 bits per heavy atom. The van der Waals surface area contributed by atoms with E-state index in [0.717, 1.165) is 28.1 Å². The standard InChI is InChI=1S/C26H22N2O/c1-29-25-19-17-24(18-20-25)27-28-26(21-11-5-2-6-12-21,22-13-7-3-8-14-22)23-15-9-4-10-16-23/h2-20H,1H3. The first-order chi connectivity index (χ1) is 14.3. The first kappa shape index (κ1) is 18.6. The molecule has 0 aromatic heterocycles. The first-order valence-electron chi connectivity index (χ1n) is 9.56. The molecule has 0 aliphatic heterocycles. The lowest BCUT2D eigenvalue weighted by molar-refractivity contribution is 0.415. The second kappa shape index (κ2) is 8.53. The van der Waals surface area contributed by atoms with Gasteiger partial charge in [0.2, 0.25) is 0 Å². The Morgan fingerprint density at radius 3 is 1.34 bits per heavy atom. The van der Waals surface area contributed by atoms with Crippen molar-refractivity contribution < 1.29 is 4.74 Å². The van der Waals surface area contributed by atoms with Crippen molar-refractivity contribution in [3.05, 3.63) is 132 Å². The second-order valence-corrected chi connectivity index (χ2v) is 6.71. The maximum Gasteiger partial charge on any atom is 0.157 e. The third-order valence-electron chi connectivity index (χ3n) is 4.96. The lowest BCUT2D eigenvalue weighted by atomic mass is 9.78. The van der Waals surface area contributed by atoms with Crippen LogP contribution in [-0.2, 0) is 5.54 Å². The van der Waals surface area contributed by atoms with Gasteiger partial charge >= 0.3 is 0 Å². The molecule has 0 heterocycles. The minimum Gasteiger partial charge on any atom is -0.497 e. The van der Waals surface area contributed by atoms with Crippen molar-refractivity contribution in [3.63, 3.8) is 0 Å². The molecule has 0 unspecified atom stereocenters. The highest BCUT2D eigenvalue weighted by Crippen LogP contribution is 2.41. The maximum absolute atomic E-state index is 5.25. The van der Waals surface area contributed by atoms with Crippen molar-refractivity contribution in [3.8, 4) is 5.75 Å². The monoisotopic (exact) mass is 378 g/mol. The van der Waals surface area contributed by atoms with Crippen molar-refractivity contribution in [2.75, 3.05) is 7.11 Å². The van der Waals surface area contributed by atoms with Crippen molar-refractivity contribution in [2.24, 2.45) is 10.2 Å². The van der Waals surface area contributed by atoms with Gasteiger partial charge in [-0.3, -0.25) is 0 Å². The van der Waals surface area contributed by atoms with Gasteiger partial charge in [0.15, 0.2) is 5.54 Å². The molecule has 0 spiro atoms. The quantitative estimate of drug-likeness (QED) is 0.269. The highest BCUT2D eigenvalue weighted by molar-refractivity contribution is 5.50. The van der Waals surface area contributed by atoms with Gasteiger partial charge < -0.3 is 4.74 Å². The Balaban J connectivity index is 1.93. The minimum atomic E-state index is -0.746. The molecular weight excluding hydrogens is 356 g/mol. The largest absolute Gasteiger partial charge is 0.497 e. The van der Waals surface area contributed by atoms with E-state index in [9.17, 15) is 0 Å². The summed E-state index contributed by atoms with van der Waals surface area (Å²) in [6.45, 7) is 0. The Labute approximate surface area is 171 Å². The Bertz CT molecular complexity index is 963. The lowest BCUT2D eigenvalue weighted by Crippen LogP contribution is -2.26. The van der Waals surface area contributed by atoms with E-state index >= 15 is 0 Å². The molecule has 0 aliphatic carbocycles. The maximum atomic E-state index is 5.25. The molecule has 0 saturated carbocycles. The molecule has 3 heteroatoms. The van der Waals surface area contributed by atoms with Gasteiger partial charge in [0.25, 0.3) is 0 Å². The topological polar surface area (TPSA) is 34.0 Å². The van der Waals surface area contributed by atoms with Crippen molar-refractivity contribution in [2.45, 2.75) is 5.54 Å². The number of methoxy groups -OCH3 is 1. The third kappa shape index (κ3) is 3.81. The fourth-order valence-corrected chi connectivity index (χ4v) is 3.49. The summed E-state index contributed by atoms with van der Waals surface area (Å²) in [6, 6.07) is 38.5. The second-order valence-electron chi connectivity index (χ2n) is 6.71. The van der Waals surface area contributed by atoms with Gasteiger partial charge in [-0.05, 0) is 41.0 Å². The van der Waals surface area contributed by atoms with Gasteiger partial charge in [0.1, 0.15) is 5.75 Å². The van der Waals surface area contributed by atoms with Gasteiger partial charge in [-0.25, -0.2) is 0 Å². The average Bonchev–Trinajstić information content (AvgIpc) is 2.82. The number of nitrogens with zero attached hydrogens (tertiary/aromatic N) is 2. The predicted molar refractivity (Wildman–Crippen MR) is 117 cm³/mol. The number of hydrogen-bond acceptors (Lipinski definition) is 3. The Morgan fingerprint density at radius 2 is 0.966 bits per heavy atom. The summed E-state index contributed by atoms with van der Waals surface area (Å²) < 4.78 is 5.25. The normalized spacial score (nSPS) is 11.5. The molecular formula is C26H22N2O. The van der Waals surface area contributed by atoms with E-state index in [4.69, 9.17) is 9.85 Å². The molecule has 3 nitrogen and oxygen atoms in total. The molecule has 142 valence electrons.